The van der Waals surface area contributed by atoms with E-state index in [4.69, 9.17) is 9.26 Å². The maximum atomic E-state index is 12.7. The molecule has 1 aliphatic rings. The number of benzene rings is 1. The van der Waals surface area contributed by atoms with Crippen LogP contribution in [0.15, 0.2) is 28.8 Å². The van der Waals surface area contributed by atoms with Crippen molar-refractivity contribution in [2.24, 2.45) is 0 Å². The Bertz CT molecular complexity index is 739. The van der Waals surface area contributed by atoms with Gasteiger partial charge in [0.1, 0.15) is 6.04 Å². The van der Waals surface area contributed by atoms with Crippen LogP contribution in [0.3, 0.4) is 0 Å². The molecule has 0 bridgehead atoms. The molecule has 0 radical (unpaired) electrons. The number of carbonyl (C=O) groups is 2. The smallest absolute Gasteiger partial charge is 0.328 e. The first-order chi connectivity index (χ1) is 11.6. The van der Waals surface area contributed by atoms with Crippen molar-refractivity contribution in [1.82, 2.24) is 15.0 Å². The lowest BCUT2D eigenvalue weighted by molar-refractivity contribution is -0.147. The first-order valence-corrected chi connectivity index (χ1v) is 7.89. The van der Waals surface area contributed by atoms with E-state index in [0.717, 1.165) is 18.4 Å². The first-order valence-electron chi connectivity index (χ1n) is 7.89. The fourth-order valence-corrected chi connectivity index (χ4v) is 2.89. The molecular formula is C17H19N3O4. The summed E-state index contributed by atoms with van der Waals surface area (Å²) in [5.74, 6) is 0.440. The topological polar surface area (TPSA) is 85.5 Å². The van der Waals surface area contributed by atoms with E-state index in [-0.39, 0.29) is 11.9 Å². The number of nitrogens with zero attached hydrogens (tertiary/aromatic N) is 3. The van der Waals surface area contributed by atoms with E-state index in [9.17, 15) is 9.59 Å². The van der Waals surface area contributed by atoms with Gasteiger partial charge < -0.3 is 14.2 Å². The summed E-state index contributed by atoms with van der Waals surface area (Å²) in [5, 5.41) is 3.75. The highest BCUT2D eigenvalue weighted by Gasteiger charge is 2.33. The van der Waals surface area contributed by atoms with Crippen molar-refractivity contribution in [3.05, 3.63) is 35.7 Å². The zero-order valence-electron chi connectivity index (χ0n) is 13.7. The molecule has 1 unspecified atom stereocenters. The van der Waals surface area contributed by atoms with Gasteiger partial charge in [-0.3, -0.25) is 4.79 Å². The number of amides is 1. The van der Waals surface area contributed by atoms with Crippen LogP contribution in [0.4, 0.5) is 0 Å². The molecule has 1 fully saturated rings. The molecule has 0 saturated carbocycles. The Morgan fingerprint density at radius 3 is 2.62 bits per heavy atom. The predicted octanol–water partition coefficient (Wildman–Crippen LogP) is 2.21. The highest BCUT2D eigenvalue weighted by molar-refractivity contribution is 5.97. The van der Waals surface area contributed by atoms with Crippen molar-refractivity contribution in [3.8, 4) is 11.5 Å². The third-order valence-corrected chi connectivity index (χ3v) is 4.14. The van der Waals surface area contributed by atoms with E-state index >= 15 is 0 Å². The zero-order valence-corrected chi connectivity index (χ0v) is 13.7. The summed E-state index contributed by atoms with van der Waals surface area (Å²) in [6, 6.07) is 6.43. The summed E-state index contributed by atoms with van der Waals surface area (Å²) in [6.07, 6.45) is 2.44. The number of aryl methyl sites for hydroxylation is 1. The van der Waals surface area contributed by atoms with Gasteiger partial charge in [0.15, 0.2) is 5.82 Å². The average Bonchev–Trinajstić information content (AvgIpc) is 3.07. The molecule has 1 amide bonds. The number of likely N-dealkylation sites (tertiary alicyclic amines) is 1. The number of hydrogen-bond acceptors (Lipinski definition) is 6. The second-order valence-electron chi connectivity index (χ2n) is 5.76. The van der Waals surface area contributed by atoms with Gasteiger partial charge in [-0.2, -0.15) is 4.98 Å². The Morgan fingerprint density at radius 1 is 1.25 bits per heavy atom. The van der Waals surface area contributed by atoms with E-state index in [0.29, 0.717) is 30.2 Å². The van der Waals surface area contributed by atoms with Gasteiger partial charge in [-0.1, -0.05) is 5.16 Å². The number of aromatic nitrogens is 2. The molecule has 7 heteroatoms. The molecule has 3 rings (SSSR count). The van der Waals surface area contributed by atoms with Crippen molar-refractivity contribution in [2.45, 2.75) is 32.2 Å². The molecule has 0 aliphatic carbocycles. The van der Waals surface area contributed by atoms with Crippen LogP contribution in [0.25, 0.3) is 11.5 Å². The number of ether oxygens (including phenoxy) is 1. The maximum Gasteiger partial charge on any atom is 0.328 e. The fraction of sp³-hybridized carbons (Fsp3) is 0.412. The third-order valence-electron chi connectivity index (χ3n) is 4.14. The minimum atomic E-state index is -0.505. The van der Waals surface area contributed by atoms with Crippen LogP contribution in [0, 0.1) is 6.92 Å². The first kappa shape index (κ1) is 16.2. The maximum absolute atomic E-state index is 12.7. The van der Waals surface area contributed by atoms with Crippen molar-refractivity contribution >= 4 is 11.9 Å². The van der Waals surface area contributed by atoms with Gasteiger partial charge >= 0.3 is 5.97 Å². The molecule has 24 heavy (non-hydrogen) atoms. The lowest BCUT2D eigenvalue weighted by Crippen LogP contribution is -2.48. The molecule has 1 aromatic heterocycles. The summed E-state index contributed by atoms with van der Waals surface area (Å²) in [7, 11) is 1.35. The van der Waals surface area contributed by atoms with Gasteiger partial charge in [0.05, 0.1) is 7.11 Å². The van der Waals surface area contributed by atoms with E-state index in [2.05, 4.69) is 10.1 Å². The monoisotopic (exact) mass is 329 g/mol. The molecule has 1 saturated heterocycles. The van der Waals surface area contributed by atoms with Crippen LogP contribution in [0.2, 0.25) is 0 Å². The Morgan fingerprint density at radius 2 is 2.00 bits per heavy atom. The minimum Gasteiger partial charge on any atom is -0.467 e. The molecule has 1 aliphatic heterocycles. The second-order valence-corrected chi connectivity index (χ2v) is 5.76. The van der Waals surface area contributed by atoms with Crippen LogP contribution in [0.5, 0.6) is 0 Å². The highest BCUT2D eigenvalue weighted by atomic mass is 16.5. The van der Waals surface area contributed by atoms with Gasteiger partial charge in [-0.05, 0) is 50.5 Å². The number of rotatable bonds is 3. The summed E-state index contributed by atoms with van der Waals surface area (Å²) in [4.78, 5) is 30.4. The van der Waals surface area contributed by atoms with E-state index in [1.54, 1.807) is 36.1 Å². The van der Waals surface area contributed by atoms with Crippen molar-refractivity contribution in [1.29, 1.82) is 0 Å². The number of piperidine rings is 1. The molecule has 1 aromatic carbocycles. The Hall–Kier alpha value is -2.70. The van der Waals surface area contributed by atoms with Crippen LogP contribution in [-0.4, -0.2) is 46.6 Å². The minimum absolute atomic E-state index is 0.168. The number of carbonyl (C=O) groups excluding carboxylic acids is 2. The summed E-state index contributed by atoms with van der Waals surface area (Å²) < 4.78 is 9.94. The summed E-state index contributed by atoms with van der Waals surface area (Å²) in [5.41, 5.74) is 1.26. The normalized spacial score (nSPS) is 17.6. The predicted molar refractivity (Wildman–Crippen MR) is 85.2 cm³/mol. The summed E-state index contributed by atoms with van der Waals surface area (Å²) >= 11 is 0. The Labute approximate surface area is 139 Å². The van der Waals surface area contributed by atoms with E-state index in [1.807, 2.05) is 0 Å². The van der Waals surface area contributed by atoms with Crippen LogP contribution in [0.1, 0.15) is 35.4 Å². The van der Waals surface area contributed by atoms with Crippen molar-refractivity contribution < 1.29 is 18.8 Å². The van der Waals surface area contributed by atoms with Gasteiger partial charge in [0, 0.05) is 17.7 Å². The van der Waals surface area contributed by atoms with Crippen LogP contribution in [-0.2, 0) is 9.53 Å². The van der Waals surface area contributed by atoms with Crippen LogP contribution < -0.4 is 0 Å². The standard InChI is InChI=1S/C17H19N3O4/c1-11-18-15(24-19-11)12-6-8-13(9-7-12)16(21)20-10-4-3-5-14(20)17(22)23-2/h6-9,14H,3-5,10H2,1-2H3. The van der Waals surface area contributed by atoms with Crippen LogP contribution >= 0.6 is 0 Å². The van der Waals surface area contributed by atoms with Crippen molar-refractivity contribution in [3.63, 3.8) is 0 Å². The van der Waals surface area contributed by atoms with Crippen molar-refractivity contribution in [2.75, 3.05) is 13.7 Å². The molecule has 2 aromatic rings. The molecule has 2 heterocycles. The highest BCUT2D eigenvalue weighted by Crippen LogP contribution is 2.22. The SMILES string of the molecule is COC(=O)C1CCCCN1C(=O)c1ccc(-c2nc(C)no2)cc1. The molecular weight excluding hydrogens is 310 g/mol. The van der Waals surface area contributed by atoms with E-state index in [1.165, 1.54) is 7.11 Å². The molecule has 0 spiro atoms. The molecule has 126 valence electrons. The molecule has 1 atom stereocenters. The van der Waals surface area contributed by atoms with Gasteiger partial charge in [-0.15, -0.1) is 0 Å². The largest absolute Gasteiger partial charge is 0.467 e. The van der Waals surface area contributed by atoms with Gasteiger partial charge in [0.2, 0.25) is 0 Å². The Balaban J connectivity index is 1.80. The van der Waals surface area contributed by atoms with E-state index < -0.39 is 6.04 Å². The second kappa shape index (κ2) is 6.82. The lowest BCUT2D eigenvalue weighted by atomic mass is 10.0. The fourth-order valence-electron chi connectivity index (χ4n) is 2.89. The number of hydrogen-bond donors (Lipinski definition) is 0. The lowest BCUT2D eigenvalue weighted by Gasteiger charge is -2.33. The molecule has 7 nitrogen and oxygen atoms in total. The average molecular weight is 329 g/mol. The third kappa shape index (κ3) is 3.15. The zero-order chi connectivity index (χ0) is 17.1. The Kier molecular flexibility index (Phi) is 4.59. The summed E-state index contributed by atoms with van der Waals surface area (Å²) in [6.45, 7) is 2.30. The van der Waals surface area contributed by atoms with Gasteiger partial charge in [-0.25, -0.2) is 4.79 Å². The molecule has 0 N–H and O–H groups in total. The number of methoxy groups -OCH3 is 1. The van der Waals surface area contributed by atoms with Gasteiger partial charge in [0.25, 0.3) is 11.8 Å². The quantitative estimate of drug-likeness (QED) is 0.803. The number of esters is 1.